The van der Waals surface area contributed by atoms with Crippen molar-refractivity contribution in [1.82, 2.24) is 9.97 Å². The van der Waals surface area contributed by atoms with Crippen molar-refractivity contribution >= 4 is 27.8 Å². The van der Waals surface area contributed by atoms with Crippen LogP contribution in [-0.2, 0) is 6.18 Å². The second-order valence-electron chi connectivity index (χ2n) is 6.64. The number of anilines is 2. The Morgan fingerprint density at radius 1 is 1.19 bits per heavy atom. The Bertz CT molecular complexity index is 745. The monoisotopic (exact) mass is 443 g/mol. The van der Waals surface area contributed by atoms with Crippen LogP contribution in [0.15, 0.2) is 36.7 Å². The standard InChI is InChI=1S/C18H21BrF3N5/c19-26-16-9-17(25-11-24-16)27-7-5-13(6-8-27)15(10-23)12-1-3-14(4-2-12)18(20,21)22/h1-4,9,11,13,15H,5-8,10,23H2,(H,24,25,26). The van der Waals surface area contributed by atoms with Crippen LogP contribution in [-0.4, -0.2) is 29.6 Å². The Balaban J connectivity index is 1.66. The van der Waals surface area contributed by atoms with Crippen LogP contribution in [0.2, 0.25) is 0 Å². The third kappa shape index (κ3) is 4.70. The highest BCUT2D eigenvalue weighted by molar-refractivity contribution is 9.10. The number of rotatable bonds is 5. The number of nitrogens with zero attached hydrogens (tertiary/aromatic N) is 3. The first-order valence-electron chi connectivity index (χ1n) is 8.73. The van der Waals surface area contributed by atoms with E-state index >= 15 is 0 Å². The third-order valence-electron chi connectivity index (χ3n) is 5.10. The number of alkyl halides is 3. The minimum Gasteiger partial charge on any atom is -0.356 e. The maximum Gasteiger partial charge on any atom is 0.416 e. The molecule has 3 rings (SSSR count). The van der Waals surface area contributed by atoms with Gasteiger partial charge in [0.2, 0.25) is 0 Å². The summed E-state index contributed by atoms with van der Waals surface area (Å²) < 4.78 is 41.1. The van der Waals surface area contributed by atoms with Gasteiger partial charge in [-0.3, -0.25) is 0 Å². The first kappa shape index (κ1) is 19.9. The van der Waals surface area contributed by atoms with Gasteiger partial charge in [-0.15, -0.1) is 0 Å². The first-order chi connectivity index (χ1) is 12.9. The van der Waals surface area contributed by atoms with E-state index in [0.717, 1.165) is 49.4 Å². The second-order valence-corrected chi connectivity index (χ2v) is 7.04. The zero-order valence-electron chi connectivity index (χ0n) is 14.6. The molecule has 3 N–H and O–H groups in total. The highest BCUT2D eigenvalue weighted by Crippen LogP contribution is 2.35. The highest BCUT2D eigenvalue weighted by Gasteiger charge is 2.31. The Labute approximate surface area is 164 Å². The molecule has 27 heavy (non-hydrogen) atoms. The summed E-state index contributed by atoms with van der Waals surface area (Å²) in [6, 6.07) is 7.27. The summed E-state index contributed by atoms with van der Waals surface area (Å²) in [5.41, 5.74) is 6.22. The normalized spacial score (nSPS) is 17.0. The van der Waals surface area contributed by atoms with E-state index in [1.165, 1.54) is 6.33 Å². The van der Waals surface area contributed by atoms with Crippen molar-refractivity contribution in [2.45, 2.75) is 24.9 Å². The first-order valence-corrected chi connectivity index (χ1v) is 9.52. The summed E-state index contributed by atoms with van der Waals surface area (Å²) in [5, 5.41) is 0. The molecule has 1 aromatic carbocycles. The predicted octanol–water partition coefficient (Wildman–Crippen LogP) is 4.18. The molecule has 1 atom stereocenters. The second kappa shape index (κ2) is 8.43. The maximum atomic E-state index is 12.8. The molecule has 5 nitrogen and oxygen atoms in total. The van der Waals surface area contributed by atoms with Crippen molar-refractivity contribution in [2.24, 2.45) is 11.7 Å². The lowest BCUT2D eigenvalue weighted by Gasteiger charge is -2.36. The predicted molar refractivity (Wildman–Crippen MR) is 103 cm³/mol. The van der Waals surface area contributed by atoms with E-state index in [1.807, 2.05) is 6.07 Å². The summed E-state index contributed by atoms with van der Waals surface area (Å²) in [6.45, 7) is 2.06. The molecule has 1 saturated heterocycles. The average molecular weight is 444 g/mol. The minimum atomic E-state index is -4.32. The van der Waals surface area contributed by atoms with E-state index in [4.69, 9.17) is 5.73 Å². The van der Waals surface area contributed by atoms with Crippen molar-refractivity contribution < 1.29 is 13.2 Å². The lowest BCUT2D eigenvalue weighted by atomic mass is 9.80. The van der Waals surface area contributed by atoms with Gasteiger partial charge in [-0.25, -0.2) is 9.97 Å². The van der Waals surface area contributed by atoms with Crippen LogP contribution in [0.1, 0.15) is 29.9 Å². The molecule has 1 aliphatic rings. The topological polar surface area (TPSA) is 67.1 Å². The van der Waals surface area contributed by atoms with Gasteiger partial charge < -0.3 is 15.0 Å². The van der Waals surface area contributed by atoms with Crippen LogP contribution in [0.5, 0.6) is 0 Å². The van der Waals surface area contributed by atoms with E-state index < -0.39 is 11.7 Å². The van der Waals surface area contributed by atoms with E-state index in [-0.39, 0.29) is 5.92 Å². The SMILES string of the molecule is NCC(c1ccc(C(F)(F)F)cc1)C1CCN(c2cc(NBr)ncn2)CC1. The molecule has 1 unspecified atom stereocenters. The fourth-order valence-corrected chi connectivity index (χ4v) is 3.84. The summed E-state index contributed by atoms with van der Waals surface area (Å²) in [5.74, 6) is 1.93. The van der Waals surface area contributed by atoms with Crippen molar-refractivity contribution in [1.29, 1.82) is 0 Å². The fourth-order valence-electron chi connectivity index (χ4n) is 3.62. The molecule has 0 bridgehead atoms. The number of nitrogens with two attached hydrogens (primary N) is 1. The number of hydrogen-bond donors (Lipinski definition) is 2. The quantitative estimate of drug-likeness (QED) is 0.678. The van der Waals surface area contributed by atoms with E-state index in [2.05, 4.69) is 35.4 Å². The average Bonchev–Trinajstić information content (AvgIpc) is 2.69. The molecule has 1 aromatic heterocycles. The number of hydrogen-bond acceptors (Lipinski definition) is 5. The largest absolute Gasteiger partial charge is 0.416 e. The number of halogens is 4. The van der Waals surface area contributed by atoms with Crippen molar-refractivity contribution in [3.63, 3.8) is 0 Å². The van der Waals surface area contributed by atoms with Crippen molar-refractivity contribution in [3.8, 4) is 0 Å². The Morgan fingerprint density at radius 2 is 1.85 bits per heavy atom. The van der Waals surface area contributed by atoms with Crippen LogP contribution in [0, 0.1) is 5.92 Å². The van der Waals surface area contributed by atoms with Crippen LogP contribution in [0.4, 0.5) is 24.8 Å². The molecular weight excluding hydrogens is 423 g/mol. The third-order valence-corrected chi connectivity index (χ3v) is 5.51. The van der Waals surface area contributed by atoms with Gasteiger partial charge in [0.25, 0.3) is 0 Å². The minimum absolute atomic E-state index is 0.0552. The molecule has 0 amide bonds. The Hall–Kier alpha value is -1.87. The summed E-state index contributed by atoms with van der Waals surface area (Å²) in [6.07, 6.45) is -0.994. The lowest BCUT2D eigenvalue weighted by molar-refractivity contribution is -0.137. The zero-order valence-corrected chi connectivity index (χ0v) is 16.2. The van der Waals surface area contributed by atoms with Crippen molar-refractivity contribution in [2.75, 3.05) is 28.9 Å². The van der Waals surface area contributed by atoms with E-state index in [1.54, 1.807) is 12.1 Å². The van der Waals surface area contributed by atoms with Gasteiger partial charge in [-0.2, -0.15) is 13.2 Å². The molecule has 146 valence electrons. The number of piperidine rings is 1. The number of benzene rings is 1. The lowest BCUT2D eigenvalue weighted by Crippen LogP contribution is -2.37. The maximum absolute atomic E-state index is 12.8. The molecular formula is C18H21BrF3N5. The molecule has 1 fully saturated rings. The molecule has 0 spiro atoms. The van der Waals surface area contributed by atoms with Gasteiger partial charge >= 0.3 is 6.18 Å². The van der Waals surface area contributed by atoms with E-state index in [0.29, 0.717) is 18.3 Å². The summed E-state index contributed by atoms with van der Waals surface area (Å²) in [4.78, 5) is 10.6. The van der Waals surface area contributed by atoms with Crippen molar-refractivity contribution in [3.05, 3.63) is 47.8 Å². The summed E-state index contributed by atoms with van der Waals surface area (Å²) >= 11 is 3.15. The van der Waals surface area contributed by atoms with E-state index in [9.17, 15) is 13.2 Å². The number of nitrogens with one attached hydrogen (secondary N) is 1. The van der Waals surface area contributed by atoms with Gasteiger partial charge in [0.05, 0.1) is 5.56 Å². The molecule has 0 radical (unpaired) electrons. The Morgan fingerprint density at radius 3 is 2.41 bits per heavy atom. The van der Waals surface area contributed by atoms with Gasteiger partial charge in [0, 0.05) is 35.3 Å². The molecule has 9 heteroatoms. The molecule has 2 aromatic rings. The molecule has 1 aliphatic heterocycles. The van der Waals surface area contributed by atoms with Gasteiger partial charge in [-0.1, -0.05) is 12.1 Å². The smallest absolute Gasteiger partial charge is 0.356 e. The molecule has 0 saturated carbocycles. The Kier molecular flexibility index (Phi) is 6.21. The summed E-state index contributed by atoms with van der Waals surface area (Å²) in [7, 11) is 0. The van der Waals surface area contributed by atoms with Gasteiger partial charge in [-0.05, 0) is 48.9 Å². The van der Waals surface area contributed by atoms with Gasteiger partial charge in [0.15, 0.2) is 0 Å². The van der Waals surface area contributed by atoms with Crippen LogP contribution in [0.25, 0.3) is 0 Å². The molecule has 2 heterocycles. The molecule has 0 aliphatic carbocycles. The zero-order chi connectivity index (χ0) is 19.4. The van der Waals surface area contributed by atoms with Gasteiger partial charge in [0.1, 0.15) is 18.0 Å². The highest BCUT2D eigenvalue weighted by atomic mass is 79.9. The number of aromatic nitrogens is 2. The van der Waals surface area contributed by atoms with Crippen LogP contribution in [0.3, 0.4) is 0 Å². The van der Waals surface area contributed by atoms with Crippen LogP contribution < -0.4 is 15.0 Å². The fraction of sp³-hybridized carbons (Fsp3) is 0.444. The van der Waals surface area contributed by atoms with Crippen LogP contribution >= 0.6 is 16.1 Å².